The lowest BCUT2D eigenvalue weighted by atomic mass is 9.95. The van der Waals surface area contributed by atoms with E-state index in [1.54, 1.807) is 24.3 Å². The molecule has 0 unspecified atom stereocenters. The van der Waals surface area contributed by atoms with Crippen molar-refractivity contribution in [2.45, 2.75) is 31.2 Å². The van der Waals surface area contributed by atoms with Gasteiger partial charge in [0.2, 0.25) is 5.91 Å². The highest BCUT2D eigenvalue weighted by Gasteiger charge is 2.42. The van der Waals surface area contributed by atoms with Crippen molar-refractivity contribution in [1.29, 1.82) is 5.26 Å². The van der Waals surface area contributed by atoms with Crippen LogP contribution >= 0.6 is 15.9 Å². The Hall–Kier alpha value is -1.87. The molecule has 110 valence electrons. The molecule has 0 bridgehead atoms. The quantitative estimate of drug-likeness (QED) is 0.817. The van der Waals surface area contributed by atoms with Gasteiger partial charge in [0.25, 0.3) is 5.91 Å². The van der Waals surface area contributed by atoms with Gasteiger partial charge in [-0.1, -0.05) is 28.8 Å². The molecule has 0 spiro atoms. The number of carbonyl (C=O) groups excluding carboxylic acids is 2. The minimum Gasteiger partial charge on any atom is -0.341 e. The molecule has 0 aromatic heterocycles. The molecule has 1 saturated carbocycles. The highest BCUT2D eigenvalue weighted by molar-refractivity contribution is 9.10. The average molecular weight is 350 g/mol. The third-order valence-corrected chi connectivity index (χ3v) is 4.21. The van der Waals surface area contributed by atoms with Crippen LogP contribution in [0.5, 0.6) is 0 Å². The summed E-state index contributed by atoms with van der Waals surface area (Å²) in [5, 5.41) is 14.0. The number of halogens is 1. The summed E-state index contributed by atoms with van der Waals surface area (Å²) in [6.45, 7) is -0.0469. The Kier molecular flexibility index (Phi) is 4.97. The highest BCUT2D eigenvalue weighted by Crippen LogP contribution is 2.30. The maximum Gasteiger partial charge on any atom is 0.252 e. The number of amides is 2. The van der Waals surface area contributed by atoms with E-state index < -0.39 is 5.54 Å². The summed E-state index contributed by atoms with van der Waals surface area (Å²) in [6, 6.07) is 8.86. The van der Waals surface area contributed by atoms with Crippen LogP contribution in [0.15, 0.2) is 28.7 Å². The van der Waals surface area contributed by atoms with Crippen LogP contribution in [0.3, 0.4) is 0 Å². The smallest absolute Gasteiger partial charge is 0.252 e. The molecule has 1 aliphatic rings. The van der Waals surface area contributed by atoms with Gasteiger partial charge < -0.3 is 10.6 Å². The molecule has 2 amide bonds. The zero-order valence-corrected chi connectivity index (χ0v) is 13.1. The molecular formula is C15H16BrN3O2. The maximum atomic E-state index is 12.3. The molecule has 2 N–H and O–H groups in total. The number of carbonyl (C=O) groups is 2. The molecule has 5 nitrogen and oxygen atoms in total. The summed E-state index contributed by atoms with van der Waals surface area (Å²) < 4.78 is 0.890. The van der Waals surface area contributed by atoms with Crippen molar-refractivity contribution >= 4 is 27.7 Å². The van der Waals surface area contributed by atoms with E-state index in [9.17, 15) is 9.59 Å². The zero-order valence-electron chi connectivity index (χ0n) is 11.5. The van der Waals surface area contributed by atoms with E-state index in [-0.39, 0.29) is 18.4 Å². The number of benzene rings is 1. The van der Waals surface area contributed by atoms with E-state index in [1.807, 2.05) is 6.07 Å². The van der Waals surface area contributed by atoms with E-state index >= 15 is 0 Å². The van der Waals surface area contributed by atoms with Crippen LogP contribution in [0.2, 0.25) is 0 Å². The molecule has 1 fully saturated rings. The van der Waals surface area contributed by atoms with Gasteiger partial charge in [0.05, 0.1) is 6.07 Å². The van der Waals surface area contributed by atoms with Crippen molar-refractivity contribution < 1.29 is 9.59 Å². The normalized spacial score (nSPS) is 16.0. The van der Waals surface area contributed by atoms with Crippen molar-refractivity contribution in [3.05, 3.63) is 34.3 Å². The van der Waals surface area contributed by atoms with Crippen molar-refractivity contribution in [2.24, 2.45) is 0 Å². The van der Waals surface area contributed by atoms with Gasteiger partial charge >= 0.3 is 0 Å². The van der Waals surface area contributed by atoms with Gasteiger partial charge in [0.1, 0.15) is 12.1 Å². The first-order chi connectivity index (χ1) is 10.1. The summed E-state index contributed by atoms with van der Waals surface area (Å²) in [5.41, 5.74) is -0.376. The summed E-state index contributed by atoms with van der Waals surface area (Å²) in [4.78, 5) is 24.6. The largest absolute Gasteiger partial charge is 0.341 e. The first kappa shape index (κ1) is 15.5. The average Bonchev–Trinajstić information content (AvgIpc) is 2.95. The van der Waals surface area contributed by atoms with Gasteiger partial charge in [-0.25, -0.2) is 0 Å². The molecule has 1 aromatic rings. The van der Waals surface area contributed by atoms with Crippen molar-refractivity contribution in [1.82, 2.24) is 10.6 Å². The molecule has 1 aliphatic carbocycles. The SMILES string of the molecule is N#CCNC(=O)C1(NC(=O)c2ccc(Br)cc2)CCCC1. The number of nitrogens with one attached hydrogen (secondary N) is 2. The summed E-state index contributed by atoms with van der Waals surface area (Å²) in [6.07, 6.45) is 2.99. The van der Waals surface area contributed by atoms with Crippen LogP contribution in [0.4, 0.5) is 0 Å². The van der Waals surface area contributed by atoms with E-state index in [1.165, 1.54) is 0 Å². The van der Waals surface area contributed by atoms with E-state index in [0.717, 1.165) is 17.3 Å². The van der Waals surface area contributed by atoms with Crippen LogP contribution in [0.1, 0.15) is 36.0 Å². The van der Waals surface area contributed by atoms with Crippen molar-refractivity contribution in [3.63, 3.8) is 0 Å². The van der Waals surface area contributed by atoms with Crippen molar-refractivity contribution in [2.75, 3.05) is 6.54 Å². The Morgan fingerprint density at radius 3 is 2.43 bits per heavy atom. The number of nitriles is 1. The Morgan fingerprint density at radius 2 is 1.86 bits per heavy atom. The Labute approximate surface area is 131 Å². The third kappa shape index (κ3) is 3.61. The molecule has 2 rings (SSSR count). The molecule has 0 atom stereocenters. The first-order valence-electron chi connectivity index (χ1n) is 6.81. The molecule has 0 radical (unpaired) electrons. The minimum absolute atomic E-state index is 0.0469. The number of hydrogen-bond donors (Lipinski definition) is 2. The van der Waals surface area contributed by atoms with Gasteiger partial charge in [-0.05, 0) is 37.1 Å². The fourth-order valence-corrected chi connectivity index (χ4v) is 2.83. The second kappa shape index (κ2) is 6.72. The molecule has 21 heavy (non-hydrogen) atoms. The lowest BCUT2D eigenvalue weighted by molar-refractivity contribution is -0.126. The molecule has 1 aromatic carbocycles. The lowest BCUT2D eigenvalue weighted by Crippen LogP contribution is -2.57. The first-order valence-corrected chi connectivity index (χ1v) is 7.60. The standard InChI is InChI=1S/C15H16BrN3O2/c16-12-5-3-11(4-6-12)13(20)19-15(7-1-2-8-15)14(21)18-10-9-17/h3-6H,1-2,7-8,10H2,(H,18,21)(H,19,20). The number of hydrogen-bond acceptors (Lipinski definition) is 3. The Morgan fingerprint density at radius 1 is 1.24 bits per heavy atom. The molecular weight excluding hydrogens is 334 g/mol. The van der Waals surface area contributed by atoms with E-state index in [2.05, 4.69) is 26.6 Å². The van der Waals surface area contributed by atoms with Gasteiger partial charge in [0.15, 0.2) is 0 Å². The van der Waals surface area contributed by atoms with Gasteiger partial charge in [-0.2, -0.15) is 5.26 Å². The molecule has 0 aliphatic heterocycles. The molecule has 0 saturated heterocycles. The zero-order chi connectivity index (χ0) is 15.3. The number of rotatable bonds is 4. The van der Waals surface area contributed by atoms with E-state index in [4.69, 9.17) is 5.26 Å². The topological polar surface area (TPSA) is 82.0 Å². The van der Waals surface area contributed by atoms with Crippen LogP contribution < -0.4 is 10.6 Å². The monoisotopic (exact) mass is 349 g/mol. The van der Waals surface area contributed by atoms with E-state index in [0.29, 0.717) is 18.4 Å². The maximum absolute atomic E-state index is 12.3. The van der Waals surface area contributed by atoms with Gasteiger partial charge in [-0.15, -0.1) is 0 Å². The van der Waals surface area contributed by atoms with Crippen LogP contribution in [0, 0.1) is 11.3 Å². The van der Waals surface area contributed by atoms with Gasteiger partial charge in [0, 0.05) is 10.0 Å². The van der Waals surface area contributed by atoms with Gasteiger partial charge in [-0.3, -0.25) is 9.59 Å². The Bertz CT molecular complexity index is 572. The second-order valence-electron chi connectivity index (χ2n) is 5.09. The van der Waals surface area contributed by atoms with Crippen LogP contribution in [-0.2, 0) is 4.79 Å². The predicted octanol–water partition coefficient (Wildman–Crippen LogP) is 2.13. The Balaban J connectivity index is 2.12. The van der Waals surface area contributed by atoms with Crippen LogP contribution in [0.25, 0.3) is 0 Å². The van der Waals surface area contributed by atoms with Crippen molar-refractivity contribution in [3.8, 4) is 6.07 Å². The van der Waals surface area contributed by atoms with Crippen LogP contribution in [-0.4, -0.2) is 23.9 Å². The predicted molar refractivity (Wildman–Crippen MR) is 81.4 cm³/mol. The fourth-order valence-electron chi connectivity index (χ4n) is 2.57. The summed E-state index contributed by atoms with van der Waals surface area (Å²) in [7, 11) is 0. The highest BCUT2D eigenvalue weighted by atomic mass is 79.9. The fraction of sp³-hybridized carbons (Fsp3) is 0.400. The lowest BCUT2D eigenvalue weighted by Gasteiger charge is -2.28. The minimum atomic E-state index is -0.888. The molecule has 0 heterocycles. The number of nitrogens with zero attached hydrogens (tertiary/aromatic N) is 1. The molecule has 6 heteroatoms. The second-order valence-corrected chi connectivity index (χ2v) is 6.01. The third-order valence-electron chi connectivity index (χ3n) is 3.68. The summed E-state index contributed by atoms with van der Waals surface area (Å²) >= 11 is 3.32. The summed E-state index contributed by atoms with van der Waals surface area (Å²) in [5.74, 6) is -0.538.